The van der Waals surface area contributed by atoms with Gasteiger partial charge < -0.3 is 34.1 Å². The summed E-state index contributed by atoms with van der Waals surface area (Å²) >= 11 is 0. The molecule has 0 saturated carbocycles. The smallest absolute Gasteiger partial charge is 0.259 e. The number of carbonyl (C=O) groups is 1. The first-order valence-electron chi connectivity index (χ1n) is 20.5. The molecule has 2 N–H and O–H groups in total. The summed E-state index contributed by atoms with van der Waals surface area (Å²) < 4.78 is 15.7. The molecule has 1 aliphatic heterocycles. The van der Waals surface area contributed by atoms with Crippen molar-refractivity contribution in [1.29, 1.82) is 0 Å². The van der Waals surface area contributed by atoms with Gasteiger partial charge in [-0.15, -0.1) is 0 Å². The van der Waals surface area contributed by atoms with Crippen LogP contribution in [0.4, 0.5) is 11.6 Å². The van der Waals surface area contributed by atoms with Crippen LogP contribution in [0.2, 0.25) is 0 Å². The van der Waals surface area contributed by atoms with E-state index >= 15 is 0 Å². The number of amides is 1. The van der Waals surface area contributed by atoms with Crippen LogP contribution < -0.4 is 20.1 Å². The molecule has 61 heavy (non-hydrogen) atoms. The number of nitrogens with zero attached hydrogens (tertiary/aromatic N) is 7. The molecule has 12 heteroatoms. The average Bonchev–Trinajstić information content (AvgIpc) is 3.83. The van der Waals surface area contributed by atoms with E-state index in [0.717, 1.165) is 63.2 Å². The lowest BCUT2D eigenvalue weighted by Gasteiger charge is -2.27. The highest BCUT2D eigenvalue weighted by molar-refractivity contribution is 5.86. The van der Waals surface area contributed by atoms with Crippen LogP contribution >= 0.6 is 0 Å². The third-order valence-electron chi connectivity index (χ3n) is 10.9. The van der Waals surface area contributed by atoms with E-state index < -0.39 is 0 Å². The number of hydrogen-bond donors (Lipinski definition) is 2. The zero-order valence-corrected chi connectivity index (χ0v) is 35.7. The Hall–Kier alpha value is -7.21. The Morgan fingerprint density at radius 2 is 1.41 bits per heavy atom. The quantitative estimate of drug-likeness (QED) is 0.139. The van der Waals surface area contributed by atoms with Crippen molar-refractivity contribution in [3.8, 4) is 34.0 Å². The normalized spacial score (nSPS) is 13.7. The van der Waals surface area contributed by atoms with Crippen LogP contribution in [0.25, 0.3) is 44.3 Å². The molecule has 5 heterocycles. The van der Waals surface area contributed by atoms with Crippen LogP contribution in [0.3, 0.4) is 0 Å². The number of likely N-dealkylation sites (N-methyl/N-ethyl adjacent to an activating group) is 1. The van der Waals surface area contributed by atoms with Crippen LogP contribution in [-0.2, 0) is 18.9 Å². The maximum Gasteiger partial charge on any atom is 0.259 e. The second-order valence-corrected chi connectivity index (χ2v) is 15.7. The fourth-order valence-corrected chi connectivity index (χ4v) is 7.55. The lowest BCUT2D eigenvalue weighted by atomic mass is 10.0. The lowest BCUT2D eigenvalue weighted by Crippen LogP contribution is -2.27. The second kappa shape index (κ2) is 17.6. The highest BCUT2D eigenvalue weighted by Crippen LogP contribution is 2.35. The highest BCUT2D eigenvalue weighted by atomic mass is 16.5. The van der Waals surface area contributed by atoms with Gasteiger partial charge in [0.05, 0.1) is 30.1 Å². The van der Waals surface area contributed by atoms with E-state index in [0.29, 0.717) is 18.2 Å². The Bertz CT molecular complexity index is 2860. The SMILES string of the molecule is Cc1nc(NC(C)c2cccc(OCC(=O)N(C)C)c2)cc(-c2ccc3ccn(C)c3c2)n1.Cc1nc(NC2CCOc3ccccc32)cc(-c2ccc3ccn(C)c3c2)n1.[HH].[HH].[HH]. The van der Waals surface area contributed by atoms with Crippen LogP contribution in [0.1, 0.15) is 52.5 Å². The van der Waals surface area contributed by atoms with E-state index in [4.69, 9.17) is 9.47 Å². The van der Waals surface area contributed by atoms with Crippen LogP contribution in [0.15, 0.2) is 122 Å². The number of hydrogen-bond acceptors (Lipinski definition) is 9. The van der Waals surface area contributed by atoms with Crippen LogP contribution in [-0.4, -0.2) is 67.2 Å². The van der Waals surface area contributed by atoms with Gasteiger partial charge in [-0.3, -0.25) is 4.79 Å². The van der Waals surface area contributed by atoms with E-state index in [1.54, 1.807) is 14.1 Å². The molecule has 8 aromatic rings. The summed E-state index contributed by atoms with van der Waals surface area (Å²) in [7, 11) is 7.53. The molecule has 0 radical (unpaired) electrons. The van der Waals surface area contributed by atoms with E-state index in [-0.39, 0.29) is 28.9 Å². The van der Waals surface area contributed by atoms with E-state index in [1.165, 1.54) is 26.8 Å². The number of ether oxygens (including phenoxy) is 2. The summed E-state index contributed by atoms with van der Waals surface area (Å²) in [4.78, 5) is 31.9. The topological polar surface area (TPSA) is 124 Å². The van der Waals surface area contributed by atoms with Crippen LogP contribution in [0.5, 0.6) is 11.5 Å². The molecule has 2 unspecified atom stereocenters. The Balaban J connectivity index is 0.000000232. The third-order valence-corrected chi connectivity index (χ3v) is 10.9. The molecular formula is C49H57N9O3. The predicted molar refractivity (Wildman–Crippen MR) is 249 cm³/mol. The molecule has 0 spiro atoms. The Labute approximate surface area is 360 Å². The summed E-state index contributed by atoms with van der Waals surface area (Å²) in [6.07, 6.45) is 5.04. The number of anilines is 2. The van der Waals surface area contributed by atoms with Gasteiger partial charge in [-0.2, -0.15) is 0 Å². The molecule has 9 rings (SSSR count). The molecule has 0 fully saturated rings. The summed E-state index contributed by atoms with van der Waals surface area (Å²) in [5, 5.41) is 9.50. The monoisotopic (exact) mass is 819 g/mol. The number of aryl methyl sites for hydroxylation is 4. The standard InChI is InChI=1S/C26H29N5O2.C23H22N4O.3H2/c1-17(20-7-6-8-22(13-20)33-16-26(32)30(3)4)27-25-15-23(28-18(2)29-25)21-10-9-19-11-12-31(5)24(19)14-21;1-15-24-20(17-8-7-16-9-11-27(2)21(16)13-17)14-23(25-15)26-19-10-12-28-22-6-4-3-5-18(19)22;;;/h6-15,17H,16H2,1-5H3,(H,27,28,29);3-9,11,13-14,19H,10,12H2,1-2H3,(H,24,25,26);3*1H. The van der Waals surface area contributed by atoms with Crippen LogP contribution in [0, 0.1) is 13.8 Å². The van der Waals surface area contributed by atoms with E-state index in [9.17, 15) is 4.79 Å². The maximum absolute atomic E-state index is 11.8. The highest BCUT2D eigenvalue weighted by Gasteiger charge is 2.22. The van der Waals surface area contributed by atoms with Gasteiger partial charge in [-0.05, 0) is 79.6 Å². The maximum atomic E-state index is 11.8. The first-order valence-corrected chi connectivity index (χ1v) is 20.5. The molecule has 0 saturated heterocycles. The van der Waals surface area contributed by atoms with Crippen molar-refractivity contribution in [2.24, 2.45) is 14.1 Å². The molecule has 4 aromatic carbocycles. The van der Waals surface area contributed by atoms with Crippen molar-refractivity contribution in [3.63, 3.8) is 0 Å². The molecule has 0 aliphatic carbocycles. The molecule has 316 valence electrons. The first kappa shape index (κ1) is 40.6. The van der Waals surface area contributed by atoms with Crippen molar-refractivity contribution < 1.29 is 18.5 Å². The number of rotatable bonds is 10. The Morgan fingerprint density at radius 3 is 2.07 bits per heavy atom. The fraction of sp³-hybridized carbons (Fsp3) is 0.245. The van der Waals surface area contributed by atoms with Gasteiger partial charge in [-0.1, -0.05) is 54.6 Å². The fourth-order valence-electron chi connectivity index (χ4n) is 7.55. The summed E-state index contributed by atoms with van der Waals surface area (Å²) in [5.41, 5.74) is 8.52. The van der Waals surface area contributed by atoms with Gasteiger partial charge in [0.25, 0.3) is 5.91 Å². The number of aromatic nitrogens is 6. The van der Waals surface area contributed by atoms with E-state index in [1.807, 2.05) is 75.5 Å². The number of nitrogens with one attached hydrogen (secondary N) is 2. The summed E-state index contributed by atoms with van der Waals surface area (Å²) in [6.45, 7) is 6.62. The molecule has 4 aromatic heterocycles. The first-order chi connectivity index (χ1) is 29.5. The minimum Gasteiger partial charge on any atom is -0.493 e. The number of benzene rings is 4. The Morgan fingerprint density at radius 1 is 0.787 bits per heavy atom. The van der Waals surface area contributed by atoms with Gasteiger partial charge in [0, 0.05) is 91.1 Å². The molecule has 1 aliphatic rings. The number of para-hydroxylation sites is 1. The van der Waals surface area contributed by atoms with Crippen molar-refractivity contribution in [3.05, 3.63) is 144 Å². The lowest BCUT2D eigenvalue weighted by molar-refractivity contribution is -0.130. The molecule has 2 atom stereocenters. The summed E-state index contributed by atoms with van der Waals surface area (Å²) in [5.74, 6) is 4.59. The zero-order chi connectivity index (χ0) is 42.6. The van der Waals surface area contributed by atoms with Gasteiger partial charge in [-0.25, -0.2) is 19.9 Å². The van der Waals surface area contributed by atoms with Gasteiger partial charge in [0.1, 0.15) is 34.8 Å². The van der Waals surface area contributed by atoms with Crippen molar-refractivity contribution in [2.45, 2.75) is 39.3 Å². The Kier molecular flexibility index (Phi) is 11.7. The zero-order valence-electron chi connectivity index (χ0n) is 35.7. The average molecular weight is 820 g/mol. The largest absolute Gasteiger partial charge is 0.493 e. The molecule has 12 nitrogen and oxygen atoms in total. The molecule has 1 amide bonds. The van der Waals surface area contributed by atoms with Gasteiger partial charge >= 0.3 is 0 Å². The second-order valence-electron chi connectivity index (χ2n) is 15.7. The number of carbonyl (C=O) groups excluding carboxylic acids is 1. The molecule has 0 bridgehead atoms. The van der Waals surface area contributed by atoms with Crippen molar-refractivity contribution >= 4 is 39.3 Å². The van der Waals surface area contributed by atoms with E-state index in [2.05, 4.69) is 121 Å². The predicted octanol–water partition coefficient (Wildman–Crippen LogP) is 10.2. The number of fused-ring (bicyclic) bond motifs is 3. The van der Waals surface area contributed by atoms with Crippen molar-refractivity contribution in [1.82, 2.24) is 34.0 Å². The van der Waals surface area contributed by atoms with Gasteiger partial charge in [0.15, 0.2) is 6.61 Å². The third kappa shape index (κ3) is 9.33. The minimum atomic E-state index is -0.0795. The minimum absolute atomic E-state index is 0. The molecular weight excluding hydrogens is 763 g/mol. The van der Waals surface area contributed by atoms with Crippen molar-refractivity contribution in [2.75, 3.05) is 37.9 Å². The summed E-state index contributed by atoms with van der Waals surface area (Å²) in [6, 6.07) is 37.2. The van der Waals surface area contributed by atoms with Gasteiger partial charge in [0.2, 0.25) is 0 Å².